The lowest BCUT2D eigenvalue weighted by Gasteiger charge is -2.19. The minimum atomic E-state index is 0.869. The van der Waals surface area contributed by atoms with Crippen LogP contribution in [0.1, 0.15) is 23.8 Å². The van der Waals surface area contributed by atoms with Gasteiger partial charge >= 0.3 is 0 Å². The molecule has 1 aromatic carbocycles. The number of hydrogen-bond donors (Lipinski definition) is 1. The van der Waals surface area contributed by atoms with E-state index in [0.717, 1.165) is 38.4 Å². The first kappa shape index (κ1) is 12.3. The first-order valence-corrected chi connectivity index (χ1v) is 6.95. The minimum absolute atomic E-state index is 0.869. The number of hydrogen-bond acceptors (Lipinski definition) is 3. The van der Waals surface area contributed by atoms with Crippen molar-refractivity contribution in [3.05, 3.63) is 53.5 Å². The van der Waals surface area contributed by atoms with Crippen LogP contribution in [0, 0.1) is 0 Å². The van der Waals surface area contributed by atoms with Crippen LogP contribution in [0.4, 0.5) is 5.69 Å². The number of nitrogens with one attached hydrogen (secondary N) is 1. The SMILES string of the molecule is CCN(Cc1ccc2c(c1)NCC2)Cc1ccco1. The van der Waals surface area contributed by atoms with E-state index in [4.69, 9.17) is 4.42 Å². The van der Waals surface area contributed by atoms with Crippen LogP contribution in [0.5, 0.6) is 0 Å². The zero-order valence-electron chi connectivity index (χ0n) is 11.4. The van der Waals surface area contributed by atoms with Crippen LogP contribution in [0.3, 0.4) is 0 Å². The van der Waals surface area contributed by atoms with Gasteiger partial charge in [0.2, 0.25) is 0 Å². The minimum Gasteiger partial charge on any atom is -0.468 e. The number of rotatable bonds is 5. The van der Waals surface area contributed by atoms with E-state index in [1.54, 1.807) is 6.26 Å². The third-order valence-corrected chi connectivity index (χ3v) is 3.70. The average Bonchev–Trinajstić information content (AvgIpc) is 3.08. The van der Waals surface area contributed by atoms with E-state index in [-0.39, 0.29) is 0 Å². The summed E-state index contributed by atoms with van der Waals surface area (Å²) < 4.78 is 5.42. The molecule has 0 aliphatic carbocycles. The summed E-state index contributed by atoms with van der Waals surface area (Å²) in [5.74, 6) is 1.03. The number of benzene rings is 1. The molecule has 2 heterocycles. The molecular weight excluding hydrogens is 236 g/mol. The molecule has 2 aromatic rings. The fourth-order valence-corrected chi connectivity index (χ4v) is 2.60. The molecule has 100 valence electrons. The molecule has 3 rings (SSSR count). The van der Waals surface area contributed by atoms with Gasteiger partial charge in [-0.15, -0.1) is 0 Å². The highest BCUT2D eigenvalue weighted by Crippen LogP contribution is 2.24. The van der Waals surface area contributed by atoms with Crippen LogP contribution in [0.15, 0.2) is 41.0 Å². The zero-order chi connectivity index (χ0) is 13.1. The molecule has 0 saturated carbocycles. The fourth-order valence-electron chi connectivity index (χ4n) is 2.60. The van der Waals surface area contributed by atoms with Crippen LogP contribution in [0.25, 0.3) is 0 Å². The second-order valence-corrected chi connectivity index (χ2v) is 5.05. The number of anilines is 1. The first-order chi connectivity index (χ1) is 9.35. The van der Waals surface area contributed by atoms with Crippen molar-refractivity contribution in [3.63, 3.8) is 0 Å². The molecule has 1 aromatic heterocycles. The Kier molecular flexibility index (Phi) is 3.56. The predicted molar refractivity (Wildman–Crippen MR) is 77.1 cm³/mol. The largest absolute Gasteiger partial charge is 0.468 e. The molecule has 1 aliphatic heterocycles. The lowest BCUT2D eigenvalue weighted by Crippen LogP contribution is -2.22. The topological polar surface area (TPSA) is 28.4 Å². The van der Waals surface area contributed by atoms with Gasteiger partial charge in [0.15, 0.2) is 0 Å². The molecule has 0 atom stereocenters. The average molecular weight is 256 g/mol. The lowest BCUT2D eigenvalue weighted by atomic mass is 10.1. The van der Waals surface area contributed by atoms with Crippen molar-refractivity contribution in [3.8, 4) is 0 Å². The molecule has 0 amide bonds. The fraction of sp³-hybridized carbons (Fsp3) is 0.375. The first-order valence-electron chi connectivity index (χ1n) is 6.95. The van der Waals surface area contributed by atoms with E-state index >= 15 is 0 Å². The number of nitrogens with zero attached hydrogens (tertiary/aromatic N) is 1. The Morgan fingerprint density at radius 3 is 3.00 bits per heavy atom. The van der Waals surface area contributed by atoms with Gasteiger partial charge in [-0.05, 0) is 42.3 Å². The van der Waals surface area contributed by atoms with E-state index in [1.165, 1.54) is 16.8 Å². The van der Waals surface area contributed by atoms with Gasteiger partial charge < -0.3 is 9.73 Å². The third-order valence-electron chi connectivity index (χ3n) is 3.70. The summed E-state index contributed by atoms with van der Waals surface area (Å²) in [6, 6.07) is 10.8. The summed E-state index contributed by atoms with van der Waals surface area (Å²) >= 11 is 0. The highest BCUT2D eigenvalue weighted by Gasteiger charge is 2.12. The Labute approximate surface area is 114 Å². The predicted octanol–water partition coefficient (Wildman–Crippen LogP) is 3.27. The van der Waals surface area contributed by atoms with Gasteiger partial charge in [0.1, 0.15) is 5.76 Å². The second kappa shape index (κ2) is 5.49. The molecule has 3 nitrogen and oxygen atoms in total. The van der Waals surface area contributed by atoms with E-state index in [9.17, 15) is 0 Å². The van der Waals surface area contributed by atoms with Crippen LogP contribution in [-0.2, 0) is 19.5 Å². The Balaban J connectivity index is 1.68. The molecule has 0 unspecified atom stereocenters. The summed E-state index contributed by atoms with van der Waals surface area (Å²) in [6.07, 6.45) is 2.89. The summed E-state index contributed by atoms with van der Waals surface area (Å²) in [7, 11) is 0. The van der Waals surface area contributed by atoms with Crippen molar-refractivity contribution in [2.45, 2.75) is 26.4 Å². The van der Waals surface area contributed by atoms with Crippen molar-refractivity contribution in [1.29, 1.82) is 0 Å². The second-order valence-electron chi connectivity index (χ2n) is 5.05. The quantitative estimate of drug-likeness (QED) is 0.890. The van der Waals surface area contributed by atoms with Gasteiger partial charge in [0.05, 0.1) is 12.8 Å². The molecule has 19 heavy (non-hydrogen) atoms. The van der Waals surface area contributed by atoms with Gasteiger partial charge in [-0.1, -0.05) is 19.1 Å². The molecule has 1 N–H and O–H groups in total. The summed E-state index contributed by atoms with van der Waals surface area (Å²) in [5, 5.41) is 3.44. The molecule has 0 fully saturated rings. The van der Waals surface area contributed by atoms with E-state index < -0.39 is 0 Å². The highest BCUT2D eigenvalue weighted by atomic mass is 16.3. The lowest BCUT2D eigenvalue weighted by molar-refractivity contribution is 0.248. The van der Waals surface area contributed by atoms with Crippen LogP contribution < -0.4 is 5.32 Å². The number of furan rings is 1. The molecular formula is C16H20N2O. The highest BCUT2D eigenvalue weighted by molar-refractivity contribution is 5.57. The molecule has 1 aliphatic rings. The molecule has 0 radical (unpaired) electrons. The maximum absolute atomic E-state index is 5.42. The zero-order valence-corrected chi connectivity index (χ0v) is 11.4. The van der Waals surface area contributed by atoms with Gasteiger partial charge in [0, 0.05) is 18.8 Å². The Morgan fingerprint density at radius 1 is 1.26 bits per heavy atom. The Hall–Kier alpha value is -1.74. The summed E-state index contributed by atoms with van der Waals surface area (Å²) in [4.78, 5) is 2.38. The normalized spacial score (nSPS) is 13.6. The maximum Gasteiger partial charge on any atom is 0.117 e. The molecule has 0 spiro atoms. The van der Waals surface area contributed by atoms with Crippen molar-refractivity contribution in [2.24, 2.45) is 0 Å². The van der Waals surface area contributed by atoms with E-state index in [0.29, 0.717) is 0 Å². The Morgan fingerprint density at radius 2 is 2.21 bits per heavy atom. The monoisotopic (exact) mass is 256 g/mol. The molecule has 0 saturated heterocycles. The smallest absolute Gasteiger partial charge is 0.117 e. The standard InChI is InChI=1S/C16H20N2O/c1-2-18(12-15-4-3-9-19-15)11-13-5-6-14-7-8-17-16(14)10-13/h3-6,9-10,17H,2,7-8,11-12H2,1H3. The van der Waals surface area contributed by atoms with E-state index in [1.807, 2.05) is 12.1 Å². The van der Waals surface area contributed by atoms with Crippen molar-refractivity contribution < 1.29 is 4.42 Å². The summed E-state index contributed by atoms with van der Waals surface area (Å²) in [5.41, 5.74) is 4.12. The van der Waals surface area contributed by atoms with Gasteiger partial charge in [-0.3, -0.25) is 4.90 Å². The van der Waals surface area contributed by atoms with E-state index in [2.05, 4.69) is 35.3 Å². The van der Waals surface area contributed by atoms with Crippen molar-refractivity contribution in [1.82, 2.24) is 4.90 Å². The van der Waals surface area contributed by atoms with Crippen molar-refractivity contribution in [2.75, 3.05) is 18.4 Å². The van der Waals surface area contributed by atoms with Crippen LogP contribution in [-0.4, -0.2) is 18.0 Å². The summed E-state index contributed by atoms with van der Waals surface area (Å²) in [6.45, 7) is 6.11. The van der Waals surface area contributed by atoms with Gasteiger partial charge in [-0.25, -0.2) is 0 Å². The maximum atomic E-state index is 5.42. The van der Waals surface area contributed by atoms with Crippen LogP contribution in [0.2, 0.25) is 0 Å². The Bertz CT molecular complexity index is 534. The molecule has 0 bridgehead atoms. The molecule has 3 heteroatoms. The van der Waals surface area contributed by atoms with Gasteiger partial charge in [0.25, 0.3) is 0 Å². The van der Waals surface area contributed by atoms with Crippen molar-refractivity contribution >= 4 is 5.69 Å². The number of fused-ring (bicyclic) bond motifs is 1. The van der Waals surface area contributed by atoms with Crippen LogP contribution >= 0.6 is 0 Å². The van der Waals surface area contributed by atoms with Gasteiger partial charge in [-0.2, -0.15) is 0 Å². The third kappa shape index (κ3) is 2.82.